The number of sulfonamides is 1. The van der Waals surface area contributed by atoms with E-state index in [9.17, 15) is 18.0 Å². The van der Waals surface area contributed by atoms with E-state index in [0.717, 1.165) is 0 Å². The van der Waals surface area contributed by atoms with Gasteiger partial charge < -0.3 is 9.47 Å². The zero-order valence-electron chi connectivity index (χ0n) is 16.5. The molecule has 1 aliphatic heterocycles. The molecule has 166 valence electrons. The van der Waals surface area contributed by atoms with Crippen molar-refractivity contribution in [3.8, 4) is 11.5 Å². The van der Waals surface area contributed by atoms with Crippen molar-refractivity contribution in [2.75, 3.05) is 25.2 Å². The minimum atomic E-state index is -4.05. The van der Waals surface area contributed by atoms with E-state index < -0.39 is 27.9 Å². The van der Waals surface area contributed by atoms with E-state index in [2.05, 4.69) is 25.5 Å². The molecule has 31 heavy (non-hydrogen) atoms. The third kappa shape index (κ3) is 6.06. The number of hydrogen-bond acceptors (Lipinski definition) is 9. The van der Waals surface area contributed by atoms with E-state index in [0.29, 0.717) is 30.5 Å². The molecule has 0 saturated heterocycles. The van der Waals surface area contributed by atoms with Gasteiger partial charge in [0, 0.05) is 18.5 Å². The lowest BCUT2D eigenvalue weighted by molar-refractivity contribution is -0.123. The number of nitrogens with one attached hydrogen (secondary N) is 3. The van der Waals surface area contributed by atoms with Gasteiger partial charge >= 0.3 is 0 Å². The minimum absolute atomic E-state index is 0.000299. The summed E-state index contributed by atoms with van der Waals surface area (Å²) in [5.74, 6) is -0.115. The first-order chi connectivity index (χ1) is 14.9. The Morgan fingerprint density at radius 3 is 2.65 bits per heavy atom. The molecular formula is C18H21N5O6S2. The van der Waals surface area contributed by atoms with Crippen LogP contribution in [0.1, 0.15) is 16.9 Å². The molecule has 0 bridgehead atoms. The van der Waals surface area contributed by atoms with Crippen molar-refractivity contribution < 1.29 is 27.5 Å². The molecule has 0 saturated carbocycles. The fourth-order valence-electron chi connectivity index (χ4n) is 2.61. The van der Waals surface area contributed by atoms with Crippen LogP contribution in [0.4, 0.5) is 0 Å². The highest BCUT2D eigenvalue weighted by molar-refractivity contribution is 7.98. The van der Waals surface area contributed by atoms with E-state index >= 15 is 0 Å². The molecule has 0 fully saturated rings. The summed E-state index contributed by atoms with van der Waals surface area (Å²) in [6.45, 7) is 0.697. The monoisotopic (exact) mass is 467 g/mol. The number of hydrazine groups is 1. The summed E-state index contributed by atoms with van der Waals surface area (Å²) in [6, 6.07) is 3.10. The van der Waals surface area contributed by atoms with Crippen LogP contribution in [0.2, 0.25) is 0 Å². The Bertz CT molecular complexity index is 1030. The fraction of sp³-hybridized carbons (Fsp3) is 0.333. The molecule has 13 heteroatoms. The van der Waals surface area contributed by atoms with Gasteiger partial charge in [0.15, 0.2) is 11.5 Å². The molecule has 1 aromatic carbocycles. The van der Waals surface area contributed by atoms with Crippen LogP contribution in [0.5, 0.6) is 11.5 Å². The van der Waals surface area contributed by atoms with Crippen molar-refractivity contribution in [2.45, 2.75) is 17.4 Å². The van der Waals surface area contributed by atoms with Crippen molar-refractivity contribution in [2.24, 2.45) is 0 Å². The van der Waals surface area contributed by atoms with Gasteiger partial charge in [-0.1, -0.05) is 0 Å². The van der Waals surface area contributed by atoms with Gasteiger partial charge in [0.05, 0.1) is 11.1 Å². The van der Waals surface area contributed by atoms with Gasteiger partial charge in [0.25, 0.3) is 11.8 Å². The number of fused-ring (bicyclic) bond motifs is 1. The molecule has 2 heterocycles. The Labute approximate surface area is 183 Å². The number of rotatable bonds is 8. The lowest BCUT2D eigenvalue weighted by Gasteiger charge is -2.21. The van der Waals surface area contributed by atoms with Gasteiger partial charge in [-0.15, -0.1) is 0 Å². The summed E-state index contributed by atoms with van der Waals surface area (Å²) in [5.41, 5.74) is 4.43. The van der Waals surface area contributed by atoms with Gasteiger partial charge in [-0.2, -0.15) is 16.5 Å². The van der Waals surface area contributed by atoms with Crippen LogP contribution in [-0.2, 0) is 14.8 Å². The van der Waals surface area contributed by atoms with Gasteiger partial charge in [-0.25, -0.2) is 13.4 Å². The molecule has 0 aliphatic carbocycles. The van der Waals surface area contributed by atoms with Crippen molar-refractivity contribution in [1.82, 2.24) is 25.5 Å². The van der Waals surface area contributed by atoms with E-state index in [1.807, 2.05) is 6.26 Å². The number of benzene rings is 1. The van der Waals surface area contributed by atoms with Gasteiger partial charge in [-0.05, 0) is 30.6 Å². The molecule has 2 amide bonds. The molecule has 3 rings (SSSR count). The average molecular weight is 468 g/mol. The van der Waals surface area contributed by atoms with Crippen LogP contribution in [0.25, 0.3) is 0 Å². The lowest BCUT2D eigenvalue weighted by atomic mass is 10.2. The first-order valence-electron chi connectivity index (χ1n) is 9.18. The second kappa shape index (κ2) is 10.4. The van der Waals surface area contributed by atoms with Crippen molar-refractivity contribution in [1.29, 1.82) is 0 Å². The molecule has 0 unspecified atom stereocenters. The first-order valence-corrected chi connectivity index (χ1v) is 12.1. The Kier molecular flexibility index (Phi) is 7.65. The van der Waals surface area contributed by atoms with Gasteiger partial charge in [0.2, 0.25) is 10.0 Å². The second-order valence-corrected chi connectivity index (χ2v) is 8.99. The largest absolute Gasteiger partial charge is 0.486 e. The molecule has 3 N–H and O–H groups in total. The van der Waals surface area contributed by atoms with E-state index in [4.69, 9.17) is 9.47 Å². The Morgan fingerprint density at radius 1 is 1.16 bits per heavy atom. The maximum absolute atomic E-state index is 12.9. The van der Waals surface area contributed by atoms with Crippen molar-refractivity contribution >= 4 is 33.6 Å². The molecule has 0 radical (unpaired) electrons. The normalized spacial score (nSPS) is 13.8. The fourth-order valence-corrected chi connectivity index (χ4v) is 4.33. The van der Waals surface area contributed by atoms with Crippen LogP contribution < -0.4 is 25.0 Å². The number of ether oxygens (including phenoxy) is 2. The predicted molar refractivity (Wildman–Crippen MR) is 112 cm³/mol. The topological polar surface area (TPSA) is 149 Å². The maximum atomic E-state index is 12.9. The Hall–Kier alpha value is -2.90. The summed E-state index contributed by atoms with van der Waals surface area (Å²) in [7, 11) is -4.05. The highest BCUT2D eigenvalue weighted by atomic mass is 32.2. The molecular weight excluding hydrogens is 446 g/mol. The van der Waals surface area contributed by atoms with Crippen molar-refractivity contribution in [3.05, 3.63) is 42.5 Å². The van der Waals surface area contributed by atoms with Gasteiger partial charge in [0.1, 0.15) is 24.9 Å². The smallest absolute Gasteiger partial charge is 0.289 e. The standard InChI is InChI=1S/C18H21N5O6S2/c1-30-9-4-13(17(24)21-22-18(25)14-11-19-5-6-20-14)23-31(26,27)12-2-3-15-16(10-12)29-8-7-28-15/h2-3,5-6,10-11,13,23H,4,7-9H2,1H3,(H,21,24)(H,22,25)/t13-/m1/s1. The Morgan fingerprint density at radius 2 is 1.94 bits per heavy atom. The van der Waals surface area contributed by atoms with Gasteiger partial charge in [-0.3, -0.25) is 25.4 Å². The quantitative estimate of drug-likeness (QED) is 0.460. The molecule has 2 aromatic rings. The van der Waals surface area contributed by atoms with Crippen LogP contribution in [0.3, 0.4) is 0 Å². The molecule has 1 aliphatic rings. The maximum Gasteiger partial charge on any atom is 0.289 e. The summed E-state index contributed by atoms with van der Waals surface area (Å²) in [6.07, 6.45) is 6.01. The minimum Gasteiger partial charge on any atom is -0.486 e. The number of hydrogen-bond donors (Lipinski definition) is 3. The van der Waals surface area contributed by atoms with Crippen LogP contribution >= 0.6 is 11.8 Å². The summed E-state index contributed by atoms with van der Waals surface area (Å²) in [5, 5.41) is 0. The molecule has 11 nitrogen and oxygen atoms in total. The Balaban J connectivity index is 1.69. The average Bonchev–Trinajstić information content (AvgIpc) is 2.80. The predicted octanol–water partition coefficient (Wildman–Crippen LogP) is 0.109. The number of amides is 2. The molecule has 1 aromatic heterocycles. The zero-order valence-corrected chi connectivity index (χ0v) is 18.2. The van der Waals surface area contributed by atoms with Crippen LogP contribution in [0, 0.1) is 0 Å². The third-order valence-electron chi connectivity index (χ3n) is 4.14. The zero-order chi connectivity index (χ0) is 22.3. The van der Waals surface area contributed by atoms with E-state index in [1.165, 1.54) is 48.6 Å². The van der Waals surface area contributed by atoms with Crippen LogP contribution in [0.15, 0.2) is 41.7 Å². The first kappa shape index (κ1) is 22.8. The third-order valence-corrected chi connectivity index (χ3v) is 6.26. The van der Waals surface area contributed by atoms with Crippen LogP contribution in [-0.4, -0.2) is 61.5 Å². The summed E-state index contributed by atoms with van der Waals surface area (Å²) >= 11 is 1.45. The highest BCUT2D eigenvalue weighted by Crippen LogP contribution is 2.32. The molecule has 1 atom stereocenters. The van der Waals surface area contributed by atoms with E-state index in [1.54, 1.807) is 0 Å². The number of nitrogens with zero attached hydrogens (tertiary/aromatic N) is 2. The summed E-state index contributed by atoms with van der Waals surface area (Å²) in [4.78, 5) is 32.1. The highest BCUT2D eigenvalue weighted by Gasteiger charge is 2.27. The summed E-state index contributed by atoms with van der Waals surface area (Å²) < 4.78 is 38.9. The number of thioether (sulfide) groups is 1. The second-order valence-electron chi connectivity index (χ2n) is 6.29. The van der Waals surface area contributed by atoms with Crippen molar-refractivity contribution in [3.63, 3.8) is 0 Å². The number of carbonyl (C=O) groups is 2. The SMILES string of the molecule is CSCC[C@@H](NS(=O)(=O)c1ccc2c(c1)OCCO2)C(=O)NNC(=O)c1cnccn1. The number of carbonyl (C=O) groups excluding carboxylic acids is 2. The van der Waals surface area contributed by atoms with E-state index in [-0.39, 0.29) is 17.0 Å². The lowest BCUT2D eigenvalue weighted by Crippen LogP contribution is -2.52. The number of aromatic nitrogens is 2. The molecule has 0 spiro atoms.